The Morgan fingerprint density at radius 2 is 1.61 bits per heavy atom. The fourth-order valence-electron chi connectivity index (χ4n) is 12.2. The molecule has 5 aliphatic rings. The molecule has 0 N–H and O–H groups in total. The van der Waals surface area contributed by atoms with Crippen molar-refractivity contribution in [3.8, 4) is 12.3 Å². The zero-order valence-electron chi connectivity index (χ0n) is 24.3. The van der Waals surface area contributed by atoms with Crippen molar-refractivity contribution in [2.75, 3.05) is 6.61 Å². The maximum Gasteiger partial charge on any atom is 0.136 e. The molecule has 0 aromatic rings. The third-order valence-corrected chi connectivity index (χ3v) is 14.1. The first-order valence-electron chi connectivity index (χ1n) is 15.0. The summed E-state index contributed by atoms with van der Waals surface area (Å²) in [4.78, 5) is 13.3. The molecule has 0 heterocycles. The molecule has 5 saturated carbocycles. The van der Waals surface area contributed by atoms with E-state index in [4.69, 9.17) is 11.2 Å². The van der Waals surface area contributed by atoms with Crippen molar-refractivity contribution >= 4 is 5.78 Å². The molecule has 0 aliphatic heterocycles. The van der Waals surface area contributed by atoms with Gasteiger partial charge in [0.05, 0.1) is 6.10 Å². The van der Waals surface area contributed by atoms with Crippen molar-refractivity contribution in [3.05, 3.63) is 12.2 Å². The Morgan fingerprint density at radius 1 is 0.889 bits per heavy atom. The van der Waals surface area contributed by atoms with E-state index in [0.29, 0.717) is 52.3 Å². The number of ether oxygens (including phenoxy) is 1. The molecule has 0 aromatic heterocycles. The number of hydrogen-bond donors (Lipinski definition) is 0. The van der Waals surface area contributed by atoms with Crippen LogP contribution in [-0.2, 0) is 9.53 Å². The van der Waals surface area contributed by atoms with Gasteiger partial charge in [-0.25, -0.2) is 0 Å². The molecule has 0 saturated heterocycles. The van der Waals surface area contributed by atoms with Crippen LogP contribution in [0.4, 0.5) is 0 Å². The van der Waals surface area contributed by atoms with Crippen molar-refractivity contribution < 1.29 is 9.53 Å². The maximum absolute atomic E-state index is 13.3. The smallest absolute Gasteiger partial charge is 0.136 e. The fraction of sp³-hybridized carbons (Fsp3) is 0.853. The highest BCUT2D eigenvalue weighted by Gasteiger charge is 2.71. The highest BCUT2D eigenvalue weighted by atomic mass is 16.5. The summed E-state index contributed by atoms with van der Waals surface area (Å²) in [6, 6.07) is 0. The predicted octanol–water partition coefficient (Wildman–Crippen LogP) is 8.25. The number of terminal acetylenes is 1. The van der Waals surface area contributed by atoms with Crippen molar-refractivity contribution in [2.45, 2.75) is 119 Å². The van der Waals surface area contributed by atoms with Crippen LogP contribution >= 0.6 is 0 Å². The van der Waals surface area contributed by atoms with Crippen LogP contribution in [0.15, 0.2) is 12.2 Å². The molecule has 0 bridgehead atoms. The van der Waals surface area contributed by atoms with Crippen molar-refractivity contribution in [1.29, 1.82) is 0 Å². The minimum Gasteiger partial charge on any atom is -0.365 e. The van der Waals surface area contributed by atoms with Gasteiger partial charge in [0.1, 0.15) is 12.4 Å². The molecule has 0 aromatic carbocycles. The highest BCUT2D eigenvalue weighted by molar-refractivity contribution is 5.83. The SMILES string of the molecule is C#CCO[C@H]1CC[C@]2(C)[C@H]3CC[C@@H]4[C@H]5[C@H](C(=C)C)CC[C@]5(C(C)=O)CC[C@@]4(C)[C@]3(C)CC[C@H]2C1(C)C. The Bertz CT molecular complexity index is 970. The van der Waals surface area contributed by atoms with E-state index in [1.165, 1.54) is 50.5 Å². The van der Waals surface area contributed by atoms with Crippen molar-refractivity contribution in [2.24, 2.45) is 56.7 Å². The molecular formula is C34H52O2. The number of fused-ring (bicyclic) bond motifs is 7. The van der Waals surface area contributed by atoms with E-state index in [9.17, 15) is 4.79 Å². The first kappa shape index (κ1) is 26.5. The average Bonchev–Trinajstić information content (AvgIpc) is 3.20. The summed E-state index contributed by atoms with van der Waals surface area (Å²) in [5, 5.41) is 0. The summed E-state index contributed by atoms with van der Waals surface area (Å²) < 4.78 is 6.25. The van der Waals surface area contributed by atoms with Crippen LogP contribution in [0.25, 0.3) is 0 Å². The van der Waals surface area contributed by atoms with Gasteiger partial charge >= 0.3 is 0 Å². The Kier molecular flexibility index (Phi) is 6.24. The largest absolute Gasteiger partial charge is 0.365 e. The fourth-order valence-corrected chi connectivity index (χ4v) is 12.2. The zero-order valence-corrected chi connectivity index (χ0v) is 24.3. The Morgan fingerprint density at radius 3 is 2.25 bits per heavy atom. The molecule has 200 valence electrons. The minimum absolute atomic E-state index is 0.0908. The van der Waals surface area contributed by atoms with Crippen LogP contribution in [0.2, 0.25) is 0 Å². The molecule has 5 aliphatic carbocycles. The topological polar surface area (TPSA) is 26.3 Å². The van der Waals surface area contributed by atoms with E-state index in [1.807, 2.05) is 6.92 Å². The molecule has 0 unspecified atom stereocenters. The summed E-state index contributed by atoms with van der Waals surface area (Å²) in [7, 11) is 0. The second kappa shape index (κ2) is 8.46. The highest BCUT2D eigenvalue weighted by Crippen LogP contribution is 2.77. The van der Waals surface area contributed by atoms with Gasteiger partial charge in [0.2, 0.25) is 0 Å². The molecule has 5 fully saturated rings. The number of rotatable bonds is 4. The van der Waals surface area contributed by atoms with Crippen LogP contribution in [0, 0.1) is 69.0 Å². The predicted molar refractivity (Wildman–Crippen MR) is 148 cm³/mol. The molecule has 2 heteroatoms. The van der Waals surface area contributed by atoms with Gasteiger partial charge in [0.15, 0.2) is 0 Å². The van der Waals surface area contributed by atoms with Crippen LogP contribution in [-0.4, -0.2) is 18.5 Å². The second-order valence-electron chi connectivity index (χ2n) is 15.3. The van der Waals surface area contributed by atoms with Gasteiger partial charge in [-0.3, -0.25) is 4.79 Å². The van der Waals surface area contributed by atoms with Crippen LogP contribution in [0.5, 0.6) is 0 Å². The molecule has 0 amide bonds. The summed E-state index contributed by atoms with van der Waals surface area (Å²) in [5.74, 6) is 6.26. The first-order chi connectivity index (χ1) is 16.8. The lowest BCUT2D eigenvalue weighted by Gasteiger charge is -2.73. The quantitative estimate of drug-likeness (QED) is 0.292. The minimum atomic E-state index is -0.0908. The first-order valence-corrected chi connectivity index (χ1v) is 15.0. The van der Waals surface area contributed by atoms with Crippen LogP contribution < -0.4 is 0 Å². The third kappa shape index (κ3) is 3.23. The third-order valence-electron chi connectivity index (χ3n) is 14.1. The molecule has 0 radical (unpaired) electrons. The van der Waals surface area contributed by atoms with Gasteiger partial charge < -0.3 is 4.74 Å². The summed E-state index contributed by atoms with van der Waals surface area (Å²) >= 11 is 0. The Balaban J connectivity index is 1.51. The van der Waals surface area contributed by atoms with Gasteiger partial charge in [0.25, 0.3) is 0 Å². The summed E-state index contributed by atoms with van der Waals surface area (Å²) in [6.45, 7) is 21.9. The molecule has 2 nitrogen and oxygen atoms in total. The molecular weight excluding hydrogens is 440 g/mol. The van der Waals surface area contributed by atoms with Crippen molar-refractivity contribution in [3.63, 3.8) is 0 Å². The van der Waals surface area contributed by atoms with E-state index in [-0.39, 0.29) is 16.9 Å². The van der Waals surface area contributed by atoms with Gasteiger partial charge in [-0.05, 0) is 129 Å². The normalized spacial score (nSPS) is 51.2. The van der Waals surface area contributed by atoms with E-state index < -0.39 is 0 Å². The van der Waals surface area contributed by atoms with Crippen LogP contribution in [0.3, 0.4) is 0 Å². The Labute approximate surface area is 221 Å². The van der Waals surface area contributed by atoms with Gasteiger partial charge in [-0.2, -0.15) is 0 Å². The lowest BCUT2D eigenvalue weighted by molar-refractivity contribution is -0.249. The van der Waals surface area contributed by atoms with Crippen LogP contribution in [0.1, 0.15) is 113 Å². The maximum atomic E-state index is 13.3. The average molecular weight is 493 g/mol. The van der Waals surface area contributed by atoms with E-state index in [0.717, 1.165) is 25.2 Å². The standard InChI is InChI=1S/C34H52O2/c1-10-21-36-28-15-16-31(7)26(30(28,5)6)14-17-33(9)27(31)12-11-25-29-24(22(2)3)13-18-34(29,23(4)35)20-19-32(25,33)8/h1,24-29H,2,11-21H2,3-9H3/t24-,25+,26-,27+,28-,29+,31-,32+,33+,34+/m0/s1. The van der Waals surface area contributed by atoms with E-state index in [2.05, 4.69) is 54.0 Å². The number of allylic oxidation sites excluding steroid dienone is 1. The zero-order chi connectivity index (χ0) is 26.3. The Hall–Kier alpha value is -1.07. The van der Waals surface area contributed by atoms with Gasteiger partial charge in [-0.1, -0.05) is 52.7 Å². The number of Topliss-reactive ketones (excluding diaryl/α,β-unsaturated/α-hetero) is 1. The van der Waals surface area contributed by atoms with Gasteiger partial charge in [0, 0.05) is 5.41 Å². The second-order valence-corrected chi connectivity index (χ2v) is 15.3. The molecule has 0 spiro atoms. The van der Waals surface area contributed by atoms with E-state index >= 15 is 0 Å². The lowest BCUT2D eigenvalue weighted by atomic mass is 9.32. The van der Waals surface area contributed by atoms with Crippen molar-refractivity contribution in [1.82, 2.24) is 0 Å². The lowest BCUT2D eigenvalue weighted by Crippen LogP contribution is -2.67. The molecule has 5 rings (SSSR count). The molecule has 10 atom stereocenters. The monoisotopic (exact) mass is 492 g/mol. The molecule has 36 heavy (non-hydrogen) atoms. The number of ketones is 1. The summed E-state index contributed by atoms with van der Waals surface area (Å²) in [6.07, 6.45) is 18.0. The summed E-state index contributed by atoms with van der Waals surface area (Å²) in [5.41, 5.74) is 2.35. The number of carbonyl (C=O) groups is 1. The number of hydrogen-bond acceptors (Lipinski definition) is 2. The van der Waals surface area contributed by atoms with E-state index in [1.54, 1.807) is 0 Å². The number of carbonyl (C=O) groups excluding carboxylic acids is 1. The van der Waals surface area contributed by atoms with Gasteiger partial charge in [-0.15, -0.1) is 6.42 Å².